The lowest BCUT2D eigenvalue weighted by Crippen LogP contribution is -2.55. The SMILES string of the molecule is C[C@@H]1CN(C2=C3C=C(C#N)C4NC5C=CC=CC5N4C3=NCC2)C[C@H](C)N1. The van der Waals surface area contributed by atoms with E-state index in [-0.39, 0.29) is 18.2 Å². The molecule has 4 aliphatic heterocycles. The van der Waals surface area contributed by atoms with E-state index in [0.29, 0.717) is 12.1 Å². The van der Waals surface area contributed by atoms with Gasteiger partial charge in [-0.25, -0.2) is 0 Å². The van der Waals surface area contributed by atoms with Crippen LogP contribution in [-0.2, 0) is 0 Å². The van der Waals surface area contributed by atoms with Gasteiger partial charge in [-0.1, -0.05) is 24.3 Å². The van der Waals surface area contributed by atoms with Gasteiger partial charge in [0.1, 0.15) is 12.0 Å². The Morgan fingerprint density at radius 2 is 1.93 bits per heavy atom. The van der Waals surface area contributed by atoms with Crippen molar-refractivity contribution in [2.45, 2.75) is 50.6 Å². The summed E-state index contributed by atoms with van der Waals surface area (Å²) in [7, 11) is 0. The summed E-state index contributed by atoms with van der Waals surface area (Å²) in [5.41, 5.74) is 3.29. The van der Waals surface area contributed by atoms with E-state index in [0.717, 1.165) is 43.0 Å². The zero-order chi connectivity index (χ0) is 18.5. The summed E-state index contributed by atoms with van der Waals surface area (Å²) in [6, 6.07) is 3.81. The second-order valence-electron chi connectivity index (χ2n) is 8.16. The third-order valence-corrected chi connectivity index (χ3v) is 6.12. The normalized spacial score (nSPS) is 37.3. The Kier molecular flexibility index (Phi) is 3.96. The molecule has 0 bridgehead atoms. The van der Waals surface area contributed by atoms with Crippen molar-refractivity contribution in [2.75, 3.05) is 19.6 Å². The van der Waals surface area contributed by atoms with Gasteiger partial charge in [-0.15, -0.1) is 0 Å². The quantitative estimate of drug-likeness (QED) is 0.736. The molecule has 2 saturated heterocycles. The molecule has 0 radical (unpaired) electrons. The highest BCUT2D eigenvalue weighted by molar-refractivity contribution is 6.04. The molecule has 0 amide bonds. The molecule has 4 heterocycles. The van der Waals surface area contributed by atoms with E-state index in [4.69, 9.17) is 4.99 Å². The number of nitrogens with one attached hydrogen (secondary N) is 2. The number of amidine groups is 1. The van der Waals surface area contributed by atoms with Crippen molar-refractivity contribution in [1.29, 1.82) is 5.26 Å². The van der Waals surface area contributed by atoms with Crippen LogP contribution in [0, 0.1) is 11.3 Å². The van der Waals surface area contributed by atoms with Crippen LogP contribution in [0.3, 0.4) is 0 Å². The molecule has 5 rings (SSSR count). The number of rotatable bonds is 1. The molecule has 27 heavy (non-hydrogen) atoms. The maximum Gasteiger partial charge on any atom is 0.134 e. The summed E-state index contributed by atoms with van der Waals surface area (Å²) in [5.74, 6) is 1.05. The highest BCUT2D eigenvalue weighted by Crippen LogP contribution is 2.36. The van der Waals surface area contributed by atoms with Crippen LogP contribution in [0.2, 0.25) is 0 Å². The van der Waals surface area contributed by atoms with Gasteiger partial charge < -0.3 is 15.1 Å². The van der Waals surface area contributed by atoms with Crippen LogP contribution in [0.25, 0.3) is 0 Å². The average Bonchev–Trinajstić information content (AvgIpc) is 3.06. The first-order valence-corrected chi connectivity index (χ1v) is 9.95. The van der Waals surface area contributed by atoms with Gasteiger partial charge in [-0.05, 0) is 19.9 Å². The molecule has 5 atom stereocenters. The Balaban J connectivity index is 1.58. The third kappa shape index (κ3) is 2.65. The minimum absolute atomic E-state index is 0.0832. The Morgan fingerprint density at radius 1 is 1.15 bits per heavy atom. The van der Waals surface area contributed by atoms with Crippen LogP contribution in [0.5, 0.6) is 0 Å². The molecule has 0 aromatic carbocycles. The van der Waals surface area contributed by atoms with Crippen LogP contribution in [0.1, 0.15) is 20.3 Å². The van der Waals surface area contributed by atoms with Crippen LogP contribution < -0.4 is 10.6 Å². The van der Waals surface area contributed by atoms with Crippen molar-refractivity contribution in [3.63, 3.8) is 0 Å². The second kappa shape index (κ2) is 6.36. The van der Waals surface area contributed by atoms with Gasteiger partial charge in [-0.3, -0.25) is 10.3 Å². The highest BCUT2D eigenvalue weighted by atomic mass is 15.4. The van der Waals surface area contributed by atoms with E-state index in [9.17, 15) is 5.26 Å². The van der Waals surface area contributed by atoms with Gasteiger partial charge in [0.05, 0.1) is 23.7 Å². The number of dihydropyridines is 1. The fourth-order valence-corrected chi connectivity index (χ4v) is 5.14. The molecule has 0 saturated carbocycles. The average molecular weight is 362 g/mol. The molecule has 1 aliphatic carbocycles. The van der Waals surface area contributed by atoms with Crippen molar-refractivity contribution in [3.8, 4) is 6.07 Å². The Hall–Kier alpha value is -2.36. The van der Waals surface area contributed by atoms with Gasteiger partial charge in [0.2, 0.25) is 0 Å². The molecule has 140 valence electrons. The second-order valence-corrected chi connectivity index (χ2v) is 8.16. The summed E-state index contributed by atoms with van der Waals surface area (Å²) in [5, 5.41) is 17.1. The predicted molar refractivity (Wildman–Crippen MR) is 106 cm³/mol. The van der Waals surface area contributed by atoms with E-state index in [2.05, 4.69) is 70.7 Å². The summed E-state index contributed by atoms with van der Waals surface area (Å²) in [6.45, 7) is 7.31. The number of hydrogen-bond donors (Lipinski definition) is 2. The molecule has 2 fully saturated rings. The first-order chi connectivity index (χ1) is 13.2. The lowest BCUT2D eigenvalue weighted by atomic mass is 9.94. The molecule has 0 spiro atoms. The summed E-state index contributed by atoms with van der Waals surface area (Å²) >= 11 is 0. The summed E-state index contributed by atoms with van der Waals surface area (Å²) < 4.78 is 0. The molecular formula is C21H26N6. The topological polar surface area (TPSA) is 66.7 Å². The zero-order valence-electron chi connectivity index (χ0n) is 15.9. The summed E-state index contributed by atoms with van der Waals surface area (Å²) in [4.78, 5) is 9.77. The fourth-order valence-electron chi connectivity index (χ4n) is 5.14. The Labute approximate surface area is 160 Å². The molecule has 2 N–H and O–H groups in total. The van der Waals surface area contributed by atoms with Crippen LogP contribution in [0.4, 0.5) is 0 Å². The Morgan fingerprint density at radius 3 is 2.70 bits per heavy atom. The van der Waals surface area contributed by atoms with E-state index in [1.54, 1.807) is 0 Å². The maximum absolute atomic E-state index is 9.84. The minimum atomic E-state index is -0.0832. The predicted octanol–water partition coefficient (Wildman–Crippen LogP) is 1.28. The van der Waals surface area contributed by atoms with E-state index in [1.165, 1.54) is 5.70 Å². The number of aliphatic imine (C=N–C) groups is 1. The lowest BCUT2D eigenvalue weighted by Gasteiger charge is -2.43. The Bertz CT molecular complexity index is 831. The molecule has 6 heteroatoms. The molecule has 0 aromatic rings. The number of nitriles is 1. The van der Waals surface area contributed by atoms with Crippen molar-refractivity contribution >= 4 is 5.84 Å². The van der Waals surface area contributed by atoms with Gasteiger partial charge in [-0.2, -0.15) is 5.26 Å². The first kappa shape index (κ1) is 16.8. The first-order valence-electron chi connectivity index (χ1n) is 9.95. The lowest BCUT2D eigenvalue weighted by molar-refractivity contribution is 0.208. The fraction of sp³-hybridized carbons (Fsp3) is 0.524. The van der Waals surface area contributed by atoms with Crippen molar-refractivity contribution < 1.29 is 0 Å². The van der Waals surface area contributed by atoms with Crippen molar-refractivity contribution in [1.82, 2.24) is 20.4 Å². The van der Waals surface area contributed by atoms with E-state index < -0.39 is 0 Å². The van der Waals surface area contributed by atoms with E-state index >= 15 is 0 Å². The molecule has 5 aliphatic rings. The number of hydrogen-bond acceptors (Lipinski definition) is 6. The van der Waals surface area contributed by atoms with Gasteiger partial charge in [0, 0.05) is 49.4 Å². The number of nitrogens with zero attached hydrogens (tertiary/aromatic N) is 4. The molecule has 3 unspecified atom stereocenters. The van der Waals surface area contributed by atoms with Gasteiger partial charge >= 0.3 is 0 Å². The smallest absolute Gasteiger partial charge is 0.134 e. The monoisotopic (exact) mass is 362 g/mol. The largest absolute Gasteiger partial charge is 0.371 e. The maximum atomic E-state index is 9.84. The van der Waals surface area contributed by atoms with Crippen LogP contribution in [-0.4, -0.2) is 65.6 Å². The molecule has 6 nitrogen and oxygen atoms in total. The van der Waals surface area contributed by atoms with Crippen LogP contribution in [0.15, 0.2) is 52.2 Å². The highest BCUT2D eigenvalue weighted by Gasteiger charge is 2.46. The summed E-state index contributed by atoms with van der Waals surface area (Å²) in [6.07, 6.45) is 11.5. The number of fused-ring (bicyclic) bond motifs is 5. The van der Waals surface area contributed by atoms with Crippen LogP contribution >= 0.6 is 0 Å². The van der Waals surface area contributed by atoms with Crippen molar-refractivity contribution in [2.24, 2.45) is 4.99 Å². The van der Waals surface area contributed by atoms with Gasteiger partial charge in [0.25, 0.3) is 0 Å². The number of allylic oxidation sites excluding steroid dienone is 2. The third-order valence-electron chi connectivity index (χ3n) is 6.12. The standard InChI is InChI=1S/C21H26N6/c1-13-11-26(12-14(2)24-13)18-7-8-23-21-16(18)9-15(10-22)20-25-17-5-3-4-6-19(17)27(20)21/h3-6,9,13-14,17,19-20,24-25H,7-8,11-12H2,1-2H3/t13-,14+,17?,19?,20?. The van der Waals surface area contributed by atoms with Gasteiger partial charge in [0.15, 0.2) is 0 Å². The minimum Gasteiger partial charge on any atom is -0.371 e. The number of piperazine rings is 1. The molecular weight excluding hydrogens is 336 g/mol. The molecule has 0 aromatic heterocycles. The van der Waals surface area contributed by atoms with E-state index in [1.807, 2.05) is 0 Å². The zero-order valence-corrected chi connectivity index (χ0v) is 15.9. The van der Waals surface area contributed by atoms with Crippen molar-refractivity contribution in [3.05, 3.63) is 47.2 Å².